The first-order chi connectivity index (χ1) is 11.7. The molecular weight excluding hydrogens is 346 g/mol. The minimum absolute atomic E-state index is 0.0455. The highest BCUT2D eigenvalue weighted by atomic mass is 32.2. The molecule has 132 valence electrons. The van der Waals surface area contributed by atoms with Crippen LogP contribution in [-0.4, -0.2) is 37.6 Å². The van der Waals surface area contributed by atoms with Crippen molar-refractivity contribution in [3.8, 4) is 0 Å². The summed E-state index contributed by atoms with van der Waals surface area (Å²) in [6.45, 7) is 0. The number of sulfonamides is 1. The fourth-order valence-corrected chi connectivity index (χ4v) is 3.24. The van der Waals surface area contributed by atoms with Gasteiger partial charge in [0, 0.05) is 25.7 Å². The van der Waals surface area contributed by atoms with E-state index in [9.17, 15) is 23.3 Å². The summed E-state index contributed by atoms with van der Waals surface area (Å²) < 4.78 is 25.7. The van der Waals surface area contributed by atoms with Crippen LogP contribution in [0.3, 0.4) is 0 Å². The minimum atomic E-state index is -3.74. The number of carbonyl (C=O) groups excluding carboxylic acids is 1. The summed E-state index contributed by atoms with van der Waals surface area (Å²) in [6.07, 6.45) is -0.243. The van der Waals surface area contributed by atoms with Gasteiger partial charge in [-0.15, -0.1) is 0 Å². The lowest BCUT2D eigenvalue weighted by molar-refractivity contribution is -0.385. The van der Waals surface area contributed by atoms with Gasteiger partial charge in [0.05, 0.1) is 17.0 Å². The van der Waals surface area contributed by atoms with E-state index in [1.165, 1.54) is 44.4 Å². The second-order valence-corrected chi connectivity index (χ2v) is 7.51. The molecule has 2 rings (SSSR count). The number of nitro groups is 1. The third-order valence-corrected chi connectivity index (χ3v) is 5.33. The molecule has 0 fully saturated rings. The summed E-state index contributed by atoms with van der Waals surface area (Å²) in [5, 5.41) is 13.5. The Morgan fingerprint density at radius 3 is 2.36 bits per heavy atom. The molecule has 0 saturated heterocycles. The third kappa shape index (κ3) is 4.20. The monoisotopic (exact) mass is 363 g/mol. The number of hydrogen-bond acceptors (Lipinski definition) is 5. The quantitative estimate of drug-likeness (QED) is 0.624. The van der Waals surface area contributed by atoms with Crippen molar-refractivity contribution in [1.29, 1.82) is 0 Å². The summed E-state index contributed by atoms with van der Waals surface area (Å²) >= 11 is 0. The molecule has 0 saturated carbocycles. The van der Waals surface area contributed by atoms with Crippen LogP contribution in [-0.2, 0) is 21.2 Å². The maximum Gasteiger partial charge on any atom is 0.273 e. The van der Waals surface area contributed by atoms with Crippen LogP contribution in [0.1, 0.15) is 5.56 Å². The van der Waals surface area contributed by atoms with Crippen LogP contribution in [0.25, 0.3) is 0 Å². The van der Waals surface area contributed by atoms with Gasteiger partial charge in [-0.25, -0.2) is 12.7 Å². The Bertz CT molecular complexity index is 909. The van der Waals surface area contributed by atoms with Crippen molar-refractivity contribution in [1.82, 2.24) is 4.31 Å². The first kappa shape index (κ1) is 18.6. The Labute approximate surface area is 145 Å². The molecule has 0 unspecified atom stereocenters. The largest absolute Gasteiger partial charge is 0.325 e. The predicted octanol–water partition coefficient (Wildman–Crippen LogP) is 2.03. The Balaban J connectivity index is 2.28. The number of nitrogens with one attached hydrogen (secondary N) is 1. The molecule has 0 aliphatic rings. The maximum absolute atomic E-state index is 12.3. The molecule has 1 N–H and O–H groups in total. The molecule has 0 heterocycles. The number of nitro benzene ring substituents is 1. The average molecular weight is 363 g/mol. The van der Waals surface area contributed by atoms with Crippen molar-refractivity contribution in [2.45, 2.75) is 11.3 Å². The molecule has 2 aromatic carbocycles. The molecule has 0 atom stereocenters. The number of nitrogens with zero attached hydrogens (tertiary/aromatic N) is 2. The van der Waals surface area contributed by atoms with Crippen LogP contribution in [0.15, 0.2) is 53.4 Å². The SMILES string of the molecule is CN(C)S(=O)(=O)c1ccccc1NC(=O)Cc1ccccc1[N+](=O)[O-]. The zero-order valence-electron chi connectivity index (χ0n) is 13.7. The highest BCUT2D eigenvalue weighted by Gasteiger charge is 2.22. The van der Waals surface area contributed by atoms with Crippen molar-refractivity contribution < 1.29 is 18.1 Å². The number of rotatable bonds is 6. The Morgan fingerprint density at radius 2 is 1.72 bits per heavy atom. The van der Waals surface area contributed by atoms with Gasteiger partial charge < -0.3 is 5.32 Å². The number of para-hydroxylation sites is 2. The van der Waals surface area contributed by atoms with Crippen molar-refractivity contribution in [3.63, 3.8) is 0 Å². The Hall–Kier alpha value is -2.78. The van der Waals surface area contributed by atoms with Gasteiger partial charge in [0.1, 0.15) is 4.90 Å². The van der Waals surface area contributed by atoms with Crippen molar-refractivity contribution in [3.05, 3.63) is 64.2 Å². The highest BCUT2D eigenvalue weighted by Crippen LogP contribution is 2.24. The van der Waals surface area contributed by atoms with E-state index >= 15 is 0 Å². The van der Waals surface area contributed by atoms with Gasteiger partial charge >= 0.3 is 0 Å². The van der Waals surface area contributed by atoms with E-state index in [1.54, 1.807) is 18.2 Å². The lowest BCUT2D eigenvalue weighted by atomic mass is 10.1. The molecule has 0 spiro atoms. The number of anilines is 1. The summed E-state index contributed by atoms with van der Waals surface area (Å²) in [4.78, 5) is 22.7. The van der Waals surface area contributed by atoms with Crippen LogP contribution in [0, 0.1) is 10.1 Å². The van der Waals surface area contributed by atoms with Crippen LogP contribution >= 0.6 is 0 Å². The summed E-state index contributed by atoms with van der Waals surface area (Å²) in [7, 11) is -0.957. The maximum atomic E-state index is 12.3. The standard InChI is InChI=1S/C16H17N3O5S/c1-18(2)25(23,24)15-10-6-4-8-13(15)17-16(20)11-12-7-3-5-9-14(12)19(21)22/h3-10H,11H2,1-2H3,(H,17,20). The molecular formula is C16H17N3O5S. The normalized spacial score (nSPS) is 11.3. The van der Waals surface area contributed by atoms with Crippen molar-refractivity contribution >= 4 is 27.3 Å². The van der Waals surface area contributed by atoms with Gasteiger partial charge in [0.25, 0.3) is 5.69 Å². The highest BCUT2D eigenvalue weighted by molar-refractivity contribution is 7.89. The second kappa shape index (κ2) is 7.41. The molecule has 9 heteroatoms. The molecule has 1 amide bonds. The minimum Gasteiger partial charge on any atom is -0.325 e. The smallest absolute Gasteiger partial charge is 0.273 e. The lowest BCUT2D eigenvalue weighted by Gasteiger charge is -2.15. The van der Waals surface area contributed by atoms with Crippen molar-refractivity contribution in [2.24, 2.45) is 0 Å². The first-order valence-corrected chi connectivity index (χ1v) is 8.71. The average Bonchev–Trinajstić information content (AvgIpc) is 2.55. The fraction of sp³-hybridized carbons (Fsp3) is 0.188. The fourth-order valence-electron chi connectivity index (χ4n) is 2.20. The van der Waals surface area contributed by atoms with E-state index in [2.05, 4.69) is 5.32 Å². The molecule has 0 aromatic heterocycles. The van der Waals surface area contributed by atoms with E-state index in [0.717, 1.165) is 4.31 Å². The van der Waals surface area contributed by atoms with Crippen LogP contribution in [0.4, 0.5) is 11.4 Å². The van der Waals surface area contributed by atoms with E-state index in [1.807, 2.05) is 0 Å². The van der Waals surface area contributed by atoms with Gasteiger partial charge in [-0.3, -0.25) is 14.9 Å². The first-order valence-electron chi connectivity index (χ1n) is 7.27. The molecule has 0 radical (unpaired) electrons. The molecule has 8 nitrogen and oxygen atoms in total. The zero-order valence-corrected chi connectivity index (χ0v) is 14.5. The van der Waals surface area contributed by atoms with Gasteiger partial charge in [-0.1, -0.05) is 30.3 Å². The van der Waals surface area contributed by atoms with Crippen molar-refractivity contribution in [2.75, 3.05) is 19.4 Å². The Kier molecular flexibility index (Phi) is 5.50. The van der Waals surface area contributed by atoms with Gasteiger partial charge in [-0.2, -0.15) is 0 Å². The molecule has 25 heavy (non-hydrogen) atoms. The van der Waals surface area contributed by atoms with E-state index < -0.39 is 20.9 Å². The summed E-state index contributed by atoms with van der Waals surface area (Å²) in [6, 6.07) is 11.9. The third-order valence-electron chi connectivity index (χ3n) is 3.46. The zero-order chi connectivity index (χ0) is 18.6. The number of benzene rings is 2. The molecule has 0 bridgehead atoms. The lowest BCUT2D eigenvalue weighted by Crippen LogP contribution is -2.24. The Morgan fingerprint density at radius 1 is 1.12 bits per heavy atom. The van der Waals surface area contributed by atoms with Gasteiger partial charge in [0.2, 0.25) is 15.9 Å². The molecule has 0 aliphatic heterocycles. The number of carbonyl (C=O) groups is 1. The number of amides is 1. The van der Waals surface area contributed by atoms with E-state index in [4.69, 9.17) is 0 Å². The second-order valence-electron chi connectivity index (χ2n) is 5.39. The number of hydrogen-bond donors (Lipinski definition) is 1. The topological polar surface area (TPSA) is 110 Å². The molecule has 0 aliphatic carbocycles. The van der Waals surface area contributed by atoms with E-state index in [0.29, 0.717) is 0 Å². The predicted molar refractivity (Wildman–Crippen MR) is 92.7 cm³/mol. The van der Waals surface area contributed by atoms with Crippen LogP contribution in [0.5, 0.6) is 0 Å². The van der Waals surface area contributed by atoms with Crippen LogP contribution < -0.4 is 5.32 Å². The van der Waals surface area contributed by atoms with Gasteiger partial charge in [0.15, 0.2) is 0 Å². The molecule has 2 aromatic rings. The van der Waals surface area contributed by atoms with Crippen LogP contribution in [0.2, 0.25) is 0 Å². The van der Waals surface area contributed by atoms with Gasteiger partial charge in [-0.05, 0) is 12.1 Å². The summed E-state index contributed by atoms with van der Waals surface area (Å²) in [5.74, 6) is -0.546. The van der Waals surface area contributed by atoms with E-state index in [-0.39, 0.29) is 28.3 Å². The summed E-state index contributed by atoms with van der Waals surface area (Å²) in [5.41, 5.74) is 0.213.